The van der Waals surface area contributed by atoms with Gasteiger partial charge in [0.15, 0.2) is 0 Å². The largest absolute Gasteiger partial charge is 0.508 e. The third kappa shape index (κ3) is 18.2. The zero-order valence-electron chi connectivity index (χ0n) is 43.0. The van der Waals surface area contributed by atoms with Gasteiger partial charge in [-0.1, -0.05) is 125 Å². The van der Waals surface area contributed by atoms with Crippen molar-refractivity contribution in [3.8, 4) is 5.75 Å². The molecule has 2 aliphatic heterocycles. The Bertz CT molecular complexity index is 2730. The molecule has 0 spiro atoms. The summed E-state index contributed by atoms with van der Waals surface area (Å²) >= 11 is 0. The van der Waals surface area contributed by atoms with Crippen molar-refractivity contribution in [3.63, 3.8) is 0 Å². The van der Waals surface area contributed by atoms with E-state index in [-0.39, 0.29) is 68.7 Å². The van der Waals surface area contributed by atoms with Crippen LogP contribution in [0.4, 0.5) is 0 Å². The van der Waals surface area contributed by atoms with Gasteiger partial charge >= 0.3 is 0 Å². The highest BCUT2D eigenvalue weighted by Crippen LogP contribution is 2.25. The van der Waals surface area contributed by atoms with Gasteiger partial charge in [-0.25, -0.2) is 0 Å². The lowest BCUT2D eigenvalue weighted by molar-refractivity contribution is -0.142. The summed E-state index contributed by atoms with van der Waals surface area (Å²) in [6, 6.07) is 21.4. The molecule has 2 fully saturated rings. The van der Waals surface area contributed by atoms with Gasteiger partial charge < -0.3 is 63.5 Å². The number of aromatic hydroxyl groups is 1. The van der Waals surface area contributed by atoms with Crippen LogP contribution in [0.3, 0.4) is 0 Å². The molecule has 21 nitrogen and oxygen atoms in total. The lowest BCUT2D eigenvalue weighted by Gasteiger charge is -2.31. The summed E-state index contributed by atoms with van der Waals surface area (Å²) in [5, 5.41) is 28.6. The zero-order chi connectivity index (χ0) is 56.1. The molecule has 2 heterocycles. The number of phenols is 1. The fourth-order valence-electron chi connectivity index (χ4n) is 8.79. The van der Waals surface area contributed by atoms with E-state index in [1.165, 1.54) is 24.0 Å². The number of carbonyl (C=O) groups is 10. The molecule has 0 bridgehead atoms. The molecule has 78 heavy (non-hydrogen) atoms. The molecule has 0 unspecified atom stereocenters. The highest BCUT2D eigenvalue weighted by molar-refractivity contribution is 8.76. The van der Waals surface area contributed by atoms with Gasteiger partial charge in [-0.2, -0.15) is 0 Å². The van der Waals surface area contributed by atoms with Gasteiger partial charge in [0.05, 0.1) is 12.1 Å². The normalized spacial score (nSPS) is 22.7. The Morgan fingerprint density at radius 3 is 1.79 bits per heavy atom. The summed E-state index contributed by atoms with van der Waals surface area (Å²) in [4.78, 5) is 139. The topological polar surface area (TPSA) is 330 Å². The van der Waals surface area contributed by atoms with Gasteiger partial charge in [0, 0.05) is 43.7 Å². The predicted octanol–water partition coefficient (Wildman–Crippen LogP) is 0.254. The number of phenolic OH excluding ortho intramolecular Hbond substituents is 1. The number of nitrogens with two attached hydrogens (primary N) is 2. The van der Waals surface area contributed by atoms with Gasteiger partial charge in [0.25, 0.3) is 0 Å². The minimum absolute atomic E-state index is 0.0189. The third-order valence-corrected chi connectivity index (χ3v) is 15.5. The summed E-state index contributed by atoms with van der Waals surface area (Å²) in [7, 11) is 2.13. The molecule has 0 aromatic heterocycles. The molecule has 9 atom stereocenters. The Morgan fingerprint density at radius 2 is 1.21 bits per heavy atom. The first-order valence-corrected chi connectivity index (χ1v) is 28.0. The first kappa shape index (κ1) is 59.5. The van der Waals surface area contributed by atoms with Crippen LogP contribution >= 0.6 is 21.6 Å². The fourth-order valence-corrected chi connectivity index (χ4v) is 11.1. The van der Waals surface area contributed by atoms with Crippen LogP contribution in [0.2, 0.25) is 0 Å². The number of nitrogens with one attached hydrogen (secondary N) is 7. The Labute approximate surface area is 459 Å². The summed E-state index contributed by atoms with van der Waals surface area (Å²) in [5.74, 6) is -6.93. The molecule has 0 radical (unpaired) electrons. The Kier molecular flexibility index (Phi) is 22.6. The highest BCUT2D eigenvalue weighted by Gasteiger charge is 2.40. The number of likely N-dealkylation sites (tertiary alicyclic amines) is 1. The van der Waals surface area contributed by atoms with Crippen molar-refractivity contribution < 1.29 is 53.1 Å². The standard InChI is InChI=1S/C55H66N10O11S2/c1-33-48(69)61-43(28-35-14-7-3-8-15-35)52(73)59-38(30-66)31-77-78-32-45(53(74)60-41(23-24-47(57)68)50(71)62-42(51(72)58-33)27-34-12-5-2-6-13-34)64-54(75)46-18-11-25-65(46)55(76)44(29-36-16-9-4-10-17-36)63-49(70)40(56)26-37-19-21-39(67)22-20-37/h2-10,12-17,19-22,30,33,38,40-46,67H,11,18,23-29,31-32,56H2,1H3,(H2,57,68)(H,58,72)(H,59,73)(H,60,74)(H,61,69)(H,62,71)(H,63,70)(H,64,75)/t33-,38+,40-,41-,42-,43-,44-,45+,46-/m0/s1. The van der Waals surface area contributed by atoms with Crippen molar-refractivity contribution in [2.45, 2.75) is 113 Å². The summed E-state index contributed by atoms with van der Waals surface area (Å²) in [5.41, 5.74) is 14.5. The van der Waals surface area contributed by atoms with Gasteiger partial charge in [0.1, 0.15) is 54.3 Å². The van der Waals surface area contributed by atoms with Crippen LogP contribution in [0.5, 0.6) is 5.75 Å². The number of hydrogen-bond acceptors (Lipinski definition) is 14. The number of nitrogens with zero attached hydrogens (tertiary/aromatic N) is 1. The molecule has 4 aromatic rings. The summed E-state index contributed by atoms with van der Waals surface area (Å²) in [6.45, 7) is 1.52. The smallest absolute Gasteiger partial charge is 0.246 e. The molecule has 4 aromatic carbocycles. The average Bonchev–Trinajstić information content (AvgIpc) is 3.94. The SMILES string of the molecule is C[C@@H]1NC(=O)[C@H](Cc2ccccc2)NC(=O)[C@H](CCC(N)=O)NC(=O)[C@H](NC(=O)[C@@H]2CCCN2C(=O)[C@H](Cc2ccccc2)NC(=O)[C@@H](N)Cc2ccc(O)cc2)CSSC[C@@H](C=O)NC(=O)[C@H](Cc2ccccc2)NC1=O. The number of primary amides is 1. The molecule has 2 aliphatic rings. The van der Waals surface area contributed by atoms with Crippen LogP contribution in [-0.2, 0) is 73.6 Å². The Morgan fingerprint density at radius 1 is 0.679 bits per heavy atom. The number of carbonyl (C=O) groups excluding carboxylic acids is 10. The second kappa shape index (κ2) is 29.7. The molecule has 6 rings (SSSR count). The maximum absolute atomic E-state index is 14.6. The number of amides is 9. The van der Waals surface area contributed by atoms with Crippen molar-refractivity contribution in [3.05, 3.63) is 138 Å². The average molecular weight is 1110 g/mol. The maximum Gasteiger partial charge on any atom is 0.246 e. The van der Waals surface area contributed by atoms with E-state index in [1.54, 1.807) is 103 Å². The monoisotopic (exact) mass is 1110 g/mol. The maximum atomic E-state index is 14.6. The Hall–Kier alpha value is -7.76. The summed E-state index contributed by atoms with van der Waals surface area (Å²) < 4.78 is 0. The van der Waals surface area contributed by atoms with E-state index < -0.39 is 108 Å². The number of aldehydes is 1. The van der Waals surface area contributed by atoms with Crippen LogP contribution in [0.25, 0.3) is 0 Å². The highest BCUT2D eigenvalue weighted by atomic mass is 33.1. The molecular formula is C55H66N10O11S2. The van der Waals surface area contributed by atoms with E-state index in [1.807, 2.05) is 0 Å². The van der Waals surface area contributed by atoms with Crippen LogP contribution in [0.1, 0.15) is 54.9 Å². The molecule has 414 valence electrons. The van der Waals surface area contributed by atoms with Gasteiger partial charge in [0.2, 0.25) is 53.2 Å². The predicted molar refractivity (Wildman–Crippen MR) is 294 cm³/mol. The first-order chi connectivity index (χ1) is 37.5. The van der Waals surface area contributed by atoms with Gasteiger partial charge in [-0.05, 0) is 67.0 Å². The van der Waals surface area contributed by atoms with Gasteiger partial charge in [-0.3, -0.25) is 43.2 Å². The zero-order valence-corrected chi connectivity index (χ0v) is 44.6. The minimum Gasteiger partial charge on any atom is -0.508 e. The van der Waals surface area contributed by atoms with E-state index in [0.29, 0.717) is 35.0 Å². The van der Waals surface area contributed by atoms with Crippen molar-refractivity contribution in [2.75, 3.05) is 18.1 Å². The van der Waals surface area contributed by atoms with Crippen LogP contribution in [0, 0.1) is 0 Å². The van der Waals surface area contributed by atoms with Crippen LogP contribution < -0.4 is 48.7 Å². The van der Waals surface area contributed by atoms with Crippen molar-refractivity contribution in [2.24, 2.45) is 11.5 Å². The lowest BCUT2D eigenvalue weighted by atomic mass is 10.0. The van der Waals surface area contributed by atoms with E-state index in [9.17, 15) is 53.1 Å². The molecule has 12 N–H and O–H groups in total. The number of rotatable bonds is 17. The van der Waals surface area contributed by atoms with Crippen molar-refractivity contribution in [1.82, 2.24) is 42.1 Å². The second-order valence-corrected chi connectivity index (χ2v) is 21.6. The summed E-state index contributed by atoms with van der Waals surface area (Å²) in [6.07, 6.45) is 0.467. The van der Waals surface area contributed by atoms with Crippen LogP contribution in [0.15, 0.2) is 115 Å². The van der Waals surface area contributed by atoms with Crippen molar-refractivity contribution >= 4 is 81.0 Å². The van der Waals surface area contributed by atoms with E-state index in [2.05, 4.69) is 37.2 Å². The molecule has 2 saturated heterocycles. The second-order valence-electron chi connectivity index (χ2n) is 19.1. The van der Waals surface area contributed by atoms with Crippen molar-refractivity contribution in [1.29, 1.82) is 0 Å². The van der Waals surface area contributed by atoms with Gasteiger partial charge in [-0.15, -0.1) is 0 Å². The quantitative estimate of drug-likeness (QED) is 0.0501. The molecule has 0 aliphatic carbocycles. The minimum atomic E-state index is -1.50. The number of benzene rings is 4. The Balaban J connectivity index is 1.27. The van der Waals surface area contributed by atoms with E-state index in [4.69, 9.17) is 11.5 Å². The van der Waals surface area contributed by atoms with E-state index >= 15 is 0 Å². The molecular weight excluding hydrogens is 1040 g/mol. The molecule has 0 saturated carbocycles. The number of hydrogen-bond donors (Lipinski definition) is 10. The third-order valence-electron chi connectivity index (χ3n) is 13.1. The van der Waals surface area contributed by atoms with Crippen LogP contribution in [-0.4, -0.2) is 142 Å². The first-order valence-electron chi connectivity index (χ1n) is 25.5. The lowest BCUT2D eigenvalue weighted by Crippen LogP contribution is -2.60. The molecule has 23 heteroatoms. The molecule has 9 amide bonds. The fraction of sp³-hybridized carbons (Fsp3) is 0.382. The van der Waals surface area contributed by atoms with E-state index in [0.717, 1.165) is 21.6 Å².